The Morgan fingerprint density at radius 2 is 1.88 bits per heavy atom. The summed E-state index contributed by atoms with van der Waals surface area (Å²) in [7, 11) is 0. The highest BCUT2D eigenvalue weighted by Gasteiger charge is 2.10. The van der Waals surface area contributed by atoms with E-state index in [2.05, 4.69) is 31.8 Å². The number of amides is 2. The molecule has 124 valence electrons. The lowest BCUT2D eigenvalue weighted by Gasteiger charge is -2.05. The van der Waals surface area contributed by atoms with Gasteiger partial charge in [0.1, 0.15) is 0 Å². The minimum Gasteiger partial charge on any atom is -0.343 e. The Labute approximate surface area is 153 Å². The van der Waals surface area contributed by atoms with Gasteiger partial charge in [0.05, 0.1) is 18.3 Å². The maximum absolute atomic E-state index is 12.0. The first-order chi connectivity index (χ1) is 11.6. The van der Waals surface area contributed by atoms with E-state index in [0.717, 1.165) is 10.5 Å². The van der Waals surface area contributed by atoms with E-state index in [9.17, 15) is 9.59 Å². The molecule has 0 spiro atoms. The smallest absolute Gasteiger partial charge is 0.259 e. The lowest BCUT2D eigenvalue weighted by molar-refractivity contribution is -0.120. The molecule has 0 radical (unpaired) electrons. The molecule has 0 saturated carbocycles. The van der Waals surface area contributed by atoms with E-state index < -0.39 is 5.91 Å². The van der Waals surface area contributed by atoms with Crippen molar-refractivity contribution in [1.29, 1.82) is 0 Å². The van der Waals surface area contributed by atoms with Gasteiger partial charge in [-0.15, -0.1) is 11.8 Å². The van der Waals surface area contributed by atoms with Gasteiger partial charge in [-0.2, -0.15) is 5.10 Å². The van der Waals surface area contributed by atoms with Crippen molar-refractivity contribution in [2.45, 2.75) is 4.90 Å². The van der Waals surface area contributed by atoms with Gasteiger partial charge >= 0.3 is 0 Å². The summed E-state index contributed by atoms with van der Waals surface area (Å²) in [4.78, 5) is 24.8. The van der Waals surface area contributed by atoms with Crippen molar-refractivity contribution in [2.24, 2.45) is 5.10 Å². The van der Waals surface area contributed by atoms with Gasteiger partial charge < -0.3 is 5.32 Å². The van der Waals surface area contributed by atoms with Crippen LogP contribution in [0.15, 0.2) is 63.0 Å². The van der Waals surface area contributed by atoms with Gasteiger partial charge in [-0.3, -0.25) is 9.59 Å². The number of halogens is 1. The van der Waals surface area contributed by atoms with Gasteiger partial charge in [0, 0.05) is 9.37 Å². The van der Waals surface area contributed by atoms with Crippen LogP contribution in [0.3, 0.4) is 0 Å². The fourth-order valence-corrected chi connectivity index (χ4v) is 2.68. The summed E-state index contributed by atoms with van der Waals surface area (Å²) in [6.07, 6.45) is 3.56. The first-order valence-electron chi connectivity index (χ1n) is 7.09. The van der Waals surface area contributed by atoms with E-state index in [1.165, 1.54) is 0 Å². The van der Waals surface area contributed by atoms with Crippen molar-refractivity contribution < 1.29 is 9.59 Å². The van der Waals surface area contributed by atoms with E-state index >= 15 is 0 Å². The van der Waals surface area contributed by atoms with Gasteiger partial charge in [0.2, 0.25) is 0 Å². The van der Waals surface area contributed by atoms with E-state index in [0.29, 0.717) is 10.0 Å². The highest BCUT2D eigenvalue weighted by molar-refractivity contribution is 9.10. The van der Waals surface area contributed by atoms with Crippen molar-refractivity contribution in [1.82, 2.24) is 10.7 Å². The Bertz CT molecular complexity index is 748. The molecule has 7 heteroatoms. The van der Waals surface area contributed by atoms with Crippen LogP contribution in [0.25, 0.3) is 0 Å². The largest absolute Gasteiger partial charge is 0.343 e. The number of hydrogen-bond acceptors (Lipinski definition) is 4. The standard InChI is InChI=1S/C17H16BrN3O2S/c1-24-13-8-6-12(7-9-13)10-20-21-16(22)11-19-17(23)14-4-2-3-5-15(14)18/h2-10H,11H2,1H3,(H,19,23)(H,21,22)/b20-10-. The number of carbonyl (C=O) groups excluding carboxylic acids is 2. The first kappa shape index (κ1) is 18.2. The number of nitrogens with zero attached hydrogens (tertiary/aromatic N) is 1. The summed E-state index contributed by atoms with van der Waals surface area (Å²) in [6, 6.07) is 14.8. The highest BCUT2D eigenvalue weighted by Crippen LogP contribution is 2.15. The van der Waals surface area contributed by atoms with E-state index in [-0.39, 0.29) is 12.5 Å². The quantitative estimate of drug-likeness (QED) is 0.440. The third-order valence-corrected chi connectivity index (χ3v) is 4.48. The minimum atomic E-state index is -0.396. The van der Waals surface area contributed by atoms with Crippen molar-refractivity contribution in [3.8, 4) is 0 Å². The number of carbonyl (C=O) groups is 2. The van der Waals surface area contributed by atoms with Crippen molar-refractivity contribution >= 4 is 45.7 Å². The summed E-state index contributed by atoms with van der Waals surface area (Å²) < 4.78 is 0.676. The third kappa shape index (κ3) is 5.50. The predicted molar refractivity (Wildman–Crippen MR) is 100 cm³/mol. The SMILES string of the molecule is CSc1ccc(/C=N\NC(=O)CNC(=O)c2ccccc2Br)cc1. The molecule has 5 nitrogen and oxygen atoms in total. The van der Waals surface area contributed by atoms with Crippen LogP contribution in [0, 0.1) is 0 Å². The Kier molecular flexibility index (Phi) is 7.02. The van der Waals surface area contributed by atoms with Crippen LogP contribution >= 0.6 is 27.7 Å². The van der Waals surface area contributed by atoms with Crippen molar-refractivity contribution in [3.63, 3.8) is 0 Å². The lowest BCUT2D eigenvalue weighted by Crippen LogP contribution is -2.35. The normalized spacial score (nSPS) is 10.6. The van der Waals surface area contributed by atoms with Gasteiger partial charge in [-0.05, 0) is 52.0 Å². The third-order valence-electron chi connectivity index (χ3n) is 3.05. The van der Waals surface area contributed by atoms with E-state index in [4.69, 9.17) is 0 Å². The Morgan fingerprint density at radius 3 is 2.54 bits per heavy atom. The van der Waals surface area contributed by atoms with Crippen LogP contribution in [-0.2, 0) is 4.79 Å². The number of thioether (sulfide) groups is 1. The molecule has 2 N–H and O–H groups in total. The average Bonchev–Trinajstić information content (AvgIpc) is 2.60. The zero-order valence-corrected chi connectivity index (χ0v) is 15.4. The van der Waals surface area contributed by atoms with Gasteiger partial charge in [0.15, 0.2) is 0 Å². The number of hydrogen-bond donors (Lipinski definition) is 2. The molecule has 0 fully saturated rings. The lowest BCUT2D eigenvalue weighted by atomic mass is 10.2. The number of rotatable bonds is 6. The van der Waals surface area contributed by atoms with Crippen molar-refractivity contribution in [2.75, 3.05) is 12.8 Å². The molecule has 24 heavy (non-hydrogen) atoms. The van der Waals surface area contributed by atoms with Crippen LogP contribution in [-0.4, -0.2) is 30.8 Å². The molecule has 0 aliphatic heterocycles. The summed E-state index contributed by atoms with van der Waals surface area (Å²) in [5.74, 6) is -0.721. The molecule has 0 unspecified atom stereocenters. The van der Waals surface area contributed by atoms with Crippen LogP contribution in [0.4, 0.5) is 0 Å². The minimum absolute atomic E-state index is 0.150. The molecule has 0 aliphatic rings. The molecule has 2 rings (SSSR count). The summed E-state index contributed by atoms with van der Waals surface area (Å²) in [6.45, 7) is -0.150. The Morgan fingerprint density at radius 1 is 1.17 bits per heavy atom. The monoisotopic (exact) mass is 405 g/mol. The van der Waals surface area contributed by atoms with Crippen LogP contribution in [0.5, 0.6) is 0 Å². The van der Waals surface area contributed by atoms with Gasteiger partial charge in [0.25, 0.3) is 11.8 Å². The number of benzene rings is 2. The number of nitrogens with one attached hydrogen (secondary N) is 2. The summed E-state index contributed by atoms with van der Waals surface area (Å²) in [5.41, 5.74) is 3.73. The summed E-state index contributed by atoms with van der Waals surface area (Å²) in [5, 5.41) is 6.42. The van der Waals surface area contributed by atoms with E-state index in [1.807, 2.05) is 36.6 Å². The van der Waals surface area contributed by atoms with Crippen LogP contribution in [0.1, 0.15) is 15.9 Å². The van der Waals surface area contributed by atoms with Crippen LogP contribution < -0.4 is 10.7 Å². The highest BCUT2D eigenvalue weighted by atomic mass is 79.9. The average molecular weight is 406 g/mol. The molecule has 0 atom stereocenters. The van der Waals surface area contributed by atoms with Gasteiger partial charge in [-0.25, -0.2) is 5.43 Å². The second-order valence-corrected chi connectivity index (χ2v) is 6.46. The Hall–Kier alpha value is -2.12. The predicted octanol–water partition coefficient (Wildman–Crippen LogP) is 3.05. The van der Waals surface area contributed by atoms with Crippen molar-refractivity contribution in [3.05, 3.63) is 64.1 Å². The van der Waals surface area contributed by atoms with E-state index in [1.54, 1.807) is 36.2 Å². The second-order valence-electron chi connectivity index (χ2n) is 4.73. The summed E-state index contributed by atoms with van der Waals surface area (Å²) >= 11 is 4.95. The zero-order valence-electron chi connectivity index (χ0n) is 13.0. The maximum Gasteiger partial charge on any atom is 0.259 e. The molecule has 0 aromatic heterocycles. The van der Waals surface area contributed by atoms with Gasteiger partial charge in [-0.1, -0.05) is 24.3 Å². The maximum atomic E-state index is 12.0. The fourth-order valence-electron chi connectivity index (χ4n) is 1.81. The zero-order chi connectivity index (χ0) is 17.4. The topological polar surface area (TPSA) is 70.6 Å². The molecular formula is C17H16BrN3O2S. The molecule has 0 heterocycles. The second kappa shape index (κ2) is 9.24. The molecular weight excluding hydrogens is 390 g/mol. The molecule has 2 aromatic rings. The molecule has 0 aliphatic carbocycles. The first-order valence-corrected chi connectivity index (χ1v) is 9.10. The Balaban J connectivity index is 1.79. The molecule has 2 amide bonds. The van der Waals surface area contributed by atoms with Crippen LogP contribution in [0.2, 0.25) is 0 Å². The fraction of sp³-hybridized carbons (Fsp3) is 0.118. The number of hydrazone groups is 1. The molecule has 0 bridgehead atoms. The molecule has 2 aromatic carbocycles. The molecule has 0 saturated heterocycles.